The van der Waals surface area contributed by atoms with E-state index in [2.05, 4.69) is 10.3 Å². The minimum absolute atomic E-state index is 0.00991. The molecule has 0 saturated carbocycles. The maximum atomic E-state index is 13.4. The lowest BCUT2D eigenvalue weighted by Crippen LogP contribution is -2.29. The molecule has 3 aromatic rings. The van der Waals surface area contributed by atoms with Crippen molar-refractivity contribution in [1.82, 2.24) is 14.7 Å². The summed E-state index contributed by atoms with van der Waals surface area (Å²) in [5.41, 5.74) is -2.95. The van der Waals surface area contributed by atoms with Crippen molar-refractivity contribution in [2.45, 2.75) is 25.7 Å². The first-order valence-electron chi connectivity index (χ1n) is 8.59. The van der Waals surface area contributed by atoms with Gasteiger partial charge >= 0.3 is 12.4 Å². The Balaban J connectivity index is 2.14. The first-order chi connectivity index (χ1) is 14.3. The summed E-state index contributed by atoms with van der Waals surface area (Å²) in [5, 5.41) is 2.19. The number of amides is 1. The second kappa shape index (κ2) is 8.15. The molecule has 0 radical (unpaired) electrons. The first kappa shape index (κ1) is 23.1. The van der Waals surface area contributed by atoms with Gasteiger partial charge < -0.3 is 5.32 Å². The standard InChI is InChI=1S/C18H12ClF6N3O2S/c1-2-26-15(30)13-14(18(23,24)25)31-16-27-10(7-12(29)28(13)16)6-8-5-9(17(20,21)22)3-4-11(8)19/h3-5,7H,2,6H2,1H3,(H,26,30). The molecule has 166 valence electrons. The lowest BCUT2D eigenvalue weighted by atomic mass is 10.1. The smallest absolute Gasteiger partial charge is 0.351 e. The minimum Gasteiger partial charge on any atom is -0.351 e. The molecule has 0 unspecified atom stereocenters. The second-order valence-corrected chi connectivity index (χ2v) is 7.71. The van der Waals surface area contributed by atoms with E-state index in [1.54, 1.807) is 0 Å². The van der Waals surface area contributed by atoms with Crippen LogP contribution in [0.4, 0.5) is 26.3 Å². The fraction of sp³-hybridized carbons (Fsp3) is 0.278. The molecule has 2 heterocycles. The highest BCUT2D eigenvalue weighted by molar-refractivity contribution is 7.17. The van der Waals surface area contributed by atoms with Gasteiger partial charge in [0, 0.05) is 24.1 Å². The number of fused-ring (bicyclic) bond motifs is 1. The highest BCUT2D eigenvalue weighted by atomic mass is 35.5. The zero-order valence-corrected chi connectivity index (χ0v) is 17.1. The molecule has 31 heavy (non-hydrogen) atoms. The molecule has 1 amide bonds. The summed E-state index contributed by atoms with van der Waals surface area (Å²) in [7, 11) is 0. The Morgan fingerprint density at radius 1 is 1.16 bits per heavy atom. The van der Waals surface area contributed by atoms with E-state index in [9.17, 15) is 35.9 Å². The van der Waals surface area contributed by atoms with Gasteiger partial charge in [-0.15, -0.1) is 0 Å². The normalized spacial score (nSPS) is 12.4. The zero-order valence-electron chi connectivity index (χ0n) is 15.5. The predicted octanol–water partition coefficient (Wildman–Crippen LogP) is 4.79. The average molecular weight is 484 g/mol. The third-order valence-electron chi connectivity index (χ3n) is 4.13. The van der Waals surface area contributed by atoms with Crippen LogP contribution in [0.2, 0.25) is 5.02 Å². The maximum absolute atomic E-state index is 13.4. The number of nitrogens with one attached hydrogen (secondary N) is 1. The molecule has 0 fully saturated rings. The van der Waals surface area contributed by atoms with Crippen molar-refractivity contribution in [3.8, 4) is 0 Å². The molecule has 1 N–H and O–H groups in total. The van der Waals surface area contributed by atoms with Crippen LogP contribution in [0.25, 0.3) is 4.96 Å². The molecule has 0 spiro atoms. The van der Waals surface area contributed by atoms with E-state index >= 15 is 0 Å². The molecule has 5 nitrogen and oxygen atoms in total. The summed E-state index contributed by atoms with van der Waals surface area (Å²) in [6.45, 7) is 1.53. The Morgan fingerprint density at radius 3 is 2.42 bits per heavy atom. The highest BCUT2D eigenvalue weighted by Crippen LogP contribution is 2.37. The van der Waals surface area contributed by atoms with Crippen molar-refractivity contribution in [1.29, 1.82) is 0 Å². The second-order valence-electron chi connectivity index (χ2n) is 6.32. The molecule has 0 saturated heterocycles. The molecule has 0 aliphatic rings. The quantitative estimate of drug-likeness (QED) is 0.543. The van der Waals surface area contributed by atoms with E-state index in [1.165, 1.54) is 6.92 Å². The van der Waals surface area contributed by atoms with Crippen molar-refractivity contribution in [3.63, 3.8) is 0 Å². The van der Waals surface area contributed by atoms with Gasteiger partial charge in [-0.05, 0) is 30.7 Å². The number of hydrogen-bond acceptors (Lipinski definition) is 4. The van der Waals surface area contributed by atoms with Gasteiger partial charge in [-0.25, -0.2) is 9.38 Å². The monoisotopic (exact) mass is 483 g/mol. The average Bonchev–Trinajstić information content (AvgIpc) is 3.03. The fourth-order valence-corrected chi connectivity index (χ4v) is 4.03. The third-order valence-corrected chi connectivity index (χ3v) is 5.58. The third kappa shape index (κ3) is 4.69. The molecule has 3 rings (SSSR count). The predicted molar refractivity (Wildman–Crippen MR) is 102 cm³/mol. The van der Waals surface area contributed by atoms with Gasteiger partial charge in [-0.1, -0.05) is 22.9 Å². The summed E-state index contributed by atoms with van der Waals surface area (Å²) in [4.78, 5) is 27.0. The Bertz CT molecular complexity index is 1220. The largest absolute Gasteiger partial charge is 0.427 e. The van der Waals surface area contributed by atoms with Crippen molar-refractivity contribution in [2.75, 3.05) is 6.54 Å². The topological polar surface area (TPSA) is 63.5 Å². The van der Waals surface area contributed by atoms with E-state index in [-0.39, 0.29) is 40.6 Å². The summed E-state index contributed by atoms with van der Waals surface area (Å²) in [5.74, 6) is -1.10. The Morgan fingerprint density at radius 2 is 1.84 bits per heavy atom. The lowest BCUT2D eigenvalue weighted by Gasteiger charge is -2.10. The van der Waals surface area contributed by atoms with Gasteiger partial charge in [0.25, 0.3) is 11.5 Å². The summed E-state index contributed by atoms with van der Waals surface area (Å²) in [6, 6.07) is 3.46. The van der Waals surface area contributed by atoms with Crippen molar-refractivity contribution < 1.29 is 31.1 Å². The van der Waals surface area contributed by atoms with Crippen molar-refractivity contribution in [2.24, 2.45) is 0 Å². The molecule has 13 heteroatoms. The van der Waals surface area contributed by atoms with E-state index in [4.69, 9.17) is 11.6 Å². The number of hydrogen-bond donors (Lipinski definition) is 1. The van der Waals surface area contributed by atoms with E-state index < -0.39 is 44.9 Å². The molecule has 0 aliphatic heterocycles. The lowest BCUT2D eigenvalue weighted by molar-refractivity contribution is -0.137. The van der Waals surface area contributed by atoms with Gasteiger partial charge in [0.2, 0.25) is 0 Å². The van der Waals surface area contributed by atoms with E-state index in [1.807, 2.05) is 0 Å². The van der Waals surface area contributed by atoms with Crippen LogP contribution < -0.4 is 10.9 Å². The Kier molecular flexibility index (Phi) is 6.07. The maximum Gasteiger partial charge on any atom is 0.427 e. The highest BCUT2D eigenvalue weighted by Gasteiger charge is 2.40. The van der Waals surface area contributed by atoms with Crippen molar-refractivity contribution in [3.05, 3.63) is 67.0 Å². The fourth-order valence-electron chi connectivity index (χ4n) is 2.84. The van der Waals surface area contributed by atoms with E-state index in [0.717, 1.165) is 24.3 Å². The summed E-state index contributed by atoms with van der Waals surface area (Å²) >= 11 is 6.03. The molecular formula is C18H12ClF6N3O2S. The van der Waals surface area contributed by atoms with Crippen LogP contribution in [0, 0.1) is 0 Å². The van der Waals surface area contributed by atoms with Gasteiger partial charge in [-0.3, -0.25) is 9.59 Å². The number of rotatable bonds is 4. The number of halogens is 7. The number of thiazole rings is 1. The molecule has 2 aromatic heterocycles. The molecule has 0 aliphatic carbocycles. The Hall–Kier alpha value is -2.60. The summed E-state index contributed by atoms with van der Waals surface area (Å²) < 4.78 is 79.7. The number of carbonyl (C=O) groups excluding carboxylic acids is 1. The SMILES string of the molecule is CCNC(=O)c1c(C(F)(F)F)sc2nc(Cc3cc(C(F)(F)F)ccc3Cl)cc(=O)n12. The number of nitrogens with zero attached hydrogens (tertiary/aromatic N) is 2. The van der Waals surface area contributed by atoms with Crippen LogP contribution >= 0.6 is 22.9 Å². The molecule has 1 aromatic carbocycles. The van der Waals surface area contributed by atoms with Crippen LogP contribution in [0.1, 0.15) is 39.1 Å². The van der Waals surface area contributed by atoms with Crippen LogP contribution in [0.3, 0.4) is 0 Å². The van der Waals surface area contributed by atoms with Crippen LogP contribution in [0.5, 0.6) is 0 Å². The molecular weight excluding hydrogens is 472 g/mol. The van der Waals surface area contributed by atoms with Crippen LogP contribution in [-0.4, -0.2) is 21.8 Å². The van der Waals surface area contributed by atoms with Gasteiger partial charge in [-0.2, -0.15) is 26.3 Å². The Labute approximate surface area is 179 Å². The van der Waals surface area contributed by atoms with Crippen LogP contribution in [-0.2, 0) is 18.8 Å². The van der Waals surface area contributed by atoms with Gasteiger partial charge in [0.1, 0.15) is 10.6 Å². The number of carbonyl (C=O) groups is 1. The van der Waals surface area contributed by atoms with Gasteiger partial charge in [0.15, 0.2) is 4.96 Å². The number of benzene rings is 1. The first-order valence-corrected chi connectivity index (χ1v) is 9.79. The van der Waals surface area contributed by atoms with Crippen LogP contribution in [0.15, 0.2) is 29.1 Å². The van der Waals surface area contributed by atoms with Gasteiger partial charge in [0.05, 0.1) is 11.3 Å². The number of aromatic nitrogens is 2. The molecule has 0 atom stereocenters. The number of alkyl halides is 6. The van der Waals surface area contributed by atoms with E-state index in [0.29, 0.717) is 4.40 Å². The zero-order chi connectivity index (χ0) is 23.1. The molecule has 0 bridgehead atoms. The van der Waals surface area contributed by atoms with Crippen molar-refractivity contribution >= 4 is 33.8 Å². The minimum atomic E-state index is -4.92. The summed E-state index contributed by atoms with van der Waals surface area (Å²) in [6.07, 6.45) is -9.88.